The molecule has 0 aliphatic carbocycles. The van der Waals surface area contributed by atoms with Crippen LogP contribution in [0.5, 0.6) is 0 Å². The summed E-state index contributed by atoms with van der Waals surface area (Å²) in [6.45, 7) is 7.63. The highest BCUT2D eigenvalue weighted by Gasteiger charge is 2.47. The molecule has 0 amide bonds. The highest BCUT2D eigenvalue weighted by Crippen LogP contribution is 2.45. The second-order valence-electron chi connectivity index (χ2n) is 7.62. The summed E-state index contributed by atoms with van der Waals surface area (Å²) in [6, 6.07) is 8.48. The number of methoxy groups -OCH3 is 1. The first-order valence-electron chi connectivity index (χ1n) is 9.26. The summed E-state index contributed by atoms with van der Waals surface area (Å²) in [5.74, 6) is 1.73. The Labute approximate surface area is 154 Å². The number of furan rings is 1. The van der Waals surface area contributed by atoms with Gasteiger partial charge in [-0.2, -0.15) is 0 Å². The van der Waals surface area contributed by atoms with Crippen molar-refractivity contribution < 1.29 is 9.15 Å². The quantitative estimate of drug-likeness (QED) is 0.785. The first kappa shape index (κ1) is 17.3. The van der Waals surface area contributed by atoms with Gasteiger partial charge in [-0.05, 0) is 54.9 Å². The minimum atomic E-state index is 0.424. The van der Waals surface area contributed by atoms with Crippen LogP contribution in [0.15, 0.2) is 40.3 Å². The third-order valence-corrected chi connectivity index (χ3v) is 6.88. The molecule has 0 saturated carbocycles. The van der Waals surface area contributed by atoms with Crippen molar-refractivity contribution in [3.8, 4) is 0 Å². The average molecular weight is 361 g/mol. The monoisotopic (exact) mass is 360 g/mol. The Kier molecular flexibility index (Phi) is 5.27. The molecule has 4 nitrogen and oxygen atoms in total. The summed E-state index contributed by atoms with van der Waals surface area (Å²) >= 11 is 1.87. The first-order chi connectivity index (χ1) is 12.3. The zero-order chi connectivity index (χ0) is 17.1. The molecule has 0 unspecified atom stereocenters. The van der Waals surface area contributed by atoms with Gasteiger partial charge in [-0.1, -0.05) is 6.07 Å². The SMILES string of the molecule is COC[C@H]1CN(Cc2cccs2)CC12CCN(Cc1ccco1)CC2. The van der Waals surface area contributed by atoms with Gasteiger partial charge in [0.15, 0.2) is 0 Å². The van der Waals surface area contributed by atoms with E-state index < -0.39 is 0 Å². The van der Waals surface area contributed by atoms with E-state index in [0.29, 0.717) is 11.3 Å². The molecular weight excluding hydrogens is 332 g/mol. The number of nitrogens with zero attached hydrogens (tertiary/aromatic N) is 2. The lowest BCUT2D eigenvalue weighted by molar-refractivity contribution is 0.0331. The minimum absolute atomic E-state index is 0.424. The predicted octanol–water partition coefficient (Wildman–Crippen LogP) is 3.70. The molecular formula is C20H28N2O2S. The second-order valence-corrected chi connectivity index (χ2v) is 8.65. The van der Waals surface area contributed by atoms with Crippen LogP contribution in [0.4, 0.5) is 0 Å². The Morgan fingerprint density at radius 3 is 2.76 bits per heavy atom. The lowest BCUT2D eigenvalue weighted by Gasteiger charge is -2.42. The molecule has 0 radical (unpaired) electrons. The zero-order valence-corrected chi connectivity index (χ0v) is 15.8. The van der Waals surface area contributed by atoms with Crippen LogP contribution in [-0.2, 0) is 17.8 Å². The van der Waals surface area contributed by atoms with Gasteiger partial charge in [-0.25, -0.2) is 0 Å². The summed E-state index contributed by atoms with van der Waals surface area (Å²) in [5, 5.41) is 2.18. The molecule has 1 spiro atoms. The highest BCUT2D eigenvalue weighted by molar-refractivity contribution is 7.09. The van der Waals surface area contributed by atoms with Crippen LogP contribution >= 0.6 is 11.3 Å². The molecule has 2 saturated heterocycles. The van der Waals surface area contributed by atoms with Gasteiger partial charge in [0.1, 0.15) is 5.76 Å². The van der Waals surface area contributed by atoms with Crippen molar-refractivity contribution >= 4 is 11.3 Å². The number of hydrogen-bond acceptors (Lipinski definition) is 5. The van der Waals surface area contributed by atoms with Crippen molar-refractivity contribution in [2.45, 2.75) is 25.9 Å². The van der Waals surface area contributed by atoms with Crippen LogP contribution in [0.1, 0.15) is 23.5 Å². The Bertz CT molecular complexity index is 633. The van der Waals surface area contributed by atoms with Crippen LogP contribution in [-0.4, -0.2) is 49.7 Å². The summed E-state index contributed by atoms with van der Waals surface area (Å²) in [4.78, 5) is 6.66. The van der Waals surface area contributed by atoms with Crippen molar-refractivity contribution in [3.05, 3.63) is 46.5 Å². The molecule has 0 N–H and O–H groups in total. The number of rotatable bonds is 6. The van der Waals surface area contributed by atoms with E-state index in [0.717, 1.165) is 38.5 Å². The van der Waals surface area contributed by atoms with Crippen molar-refractivity contribution in [2.75, 3.05) is 39.9 Å². The number of likely N-dealkylation sites (tertiary alicyclic amines) is 2. The van der Waals surface area contributed by atoms with Gasteiger partial charge in [0.25, 0.3) is 0 Å². The maximum absolute atomic E-state index is 5.60. The smallest absolute Gasteiger partial charge is 0.117 e. The first-order valence-corrected chi connectivity index (χ1v) is 10.1. The molecule has 2 aromatic heterocycles. The third kappa shape index (κ3) is 3.85. The van der Waals surface area contributed by atoms with Crippen LogP contribution in [0.25, 0.3) is 0 Å². The van der Waals surface area contributed by atoms with Crippen LogP contribution in [0, 0.1) is 11.3 Å². The minimum Gasteiger partial charge on any atom is -0.468 e. The molecule has 4 rings (SSSR count). The van der Waals surface area contributed by atoms with E-state index in [1.54, 1.807) is 6.26 Å². The molecule has 2 aliphatic rings. The molecule has 2 aromatic rings. The van der Waals surface area contributed by atoms with E-state index in [1.165, 1.54) is 30.8 Å². The molecule has 0 aromatic carbocycles. The average Bonchev–Trinajstić information content (AvgIpc) is 3.34. The number of piperidine rings is 1. The lowest BCUT2D eigenvalue weighted by Crippen LogP contribution is -2.44. The molecule has 2 aliphatic heterocycles. The number of thiophene rings is 1. The molecule has 5 heteroatoms. The van der Waals surface area contributed by atoms with Gasteiger partial charge >= 0.3 is 0 Å². The van der Waals surface area contributed by atoms with Crippen LogP contribution in [0.2, 0.25) is 0 Å². The fourth-order valence-corrected chi connectivity index (χ4v) is 5.41. The van der Waals surface area contributed by atoms with Gasteiger partial charge in [0.05, 0.1) is 19.4 Å². The van der Waals surface area contributed by atoms with Gasteiger partial charge in [0, 0.05) is 37.5 Å². The molecule has 0 bridgehead atoms. The molecule has 136 valence electrons. The van der Waals surface area contributed by atoms with E-state index in [4.69, 9.17) is 9.15 Å². The molecule has 4 heterocycles. The number of hydrogen-bond donors (Lipinski definition) is 0. The Hall–Kier alpha value is -1.14. The summed E-state index contributed by atoms with van der Waals surface area (Å²) in [5.41, 5.74) is 0.424. The van der Waals surface area contributed by atoms with Gasteiger partial charge in [-0.15, -0.1) is 11.3 Å². The van der Waals surface area contributed by atoms with E-state index in [1.807, 2.05) is 24.5 Å². The Morgan fingerprint density at radius 1 is 1.20 bits per heavy atom. The second kappa shape index (κ2) is 7.62. The van der Waals surface area contributed by atoms with Gasteiger partial charge < -0.3 is 9.15 Å². The standard InChI is InChI=1S/C20H28N2O2S/c1-23-15-17-12-22(14-19-5-3-11-25-19)16-20(17)6-8-21(9-7-20)13-18-4-2-10-24-18/h2-5,10-11,17H,6-9,12-16H2,1H3/t17-/m1/s1. The Balaban J connectivity index is 1.38. The Morgan fingerprint density at radius 2 is 2.08 bits per heavy atom. The van der Waals surface area contributed by atoms with Crippen molar-refractivity contribution in [2.24, 2.45) is 11.3 Å². The van der Waals surface area contributed by atoms with Crippen LogP contribution < -0.4 is 0 Å². The number of ether oxygens (including phenoxy) is 1. The summed E-state index contributed by atoms with van der Waals surface area (Å²) in [7, 11) is 1.85. The highest BCUT2D eigenvalue weighted by atomic mass is 32.1. The van der Waals surface area contributed by atoms with E-state index >= 15 is 0 Å². The fourth-order valence-electron chi connectivity index (χ4n) is 4.66. The predicted molar refractivity (Wildman–Crippen MR) is 101 cm³/mol. The molecule has 2 fully saturated rings. The van der Waals surface area contributed by atoms with Gasteiger partial charge in [0.2, 0.25) is 0 Å². The van der Waals surface area contributed by atoms with Crippen molar-refractivity contribution in [3.63, 3.8) is 0 Å². The summed E-state index contributed by atoms with van der Waals surface area (Å²) < 4.78 is 11.1. The fraction of sp³-hybridized carbons (Fsp3) is 0.600. The van der Waals surface area contributed by atoms with E-state index in [2.05, 4.69) is 33.4 Å². The third-order valence-electron chi connectivity index (χ3n) is 6.02. The van der Waals surface area contributed by atoms with E-state index in [-0.39, 0.29) is 0 Å². The van der Waals surface area contributed by atoms with Crippen LogP contribution in [0.3, 0.4) is 0 Å². The van der Waals surface area contributed by atoms with E-state index in [9.17, 15) is 0 Å². The lowest BCUT2D eigenvalue weighted by atomic mass is 9.71. The van der Waals surface area contributed by atoms with Gasteiger partial charge in [-0.3, -0.25) is 9.80 Å². The zero-order valence-electron chi connectivity index (χ0n) is 15.0. The summed E-state index contributed by atoms with van der Waals surface area (Å²) in [6.07, 6.45) is 4.31. The molecule has 1 atom stereocenters. The topological polar surface area (TPSA) is 28.9 Å². The van der Waals surface area contributed by atoms with Crippen molar-refractivity contribution in [1.29, 1.82) is 0 Å². The maximum Gasteiger partial charge on any atom is 0.117 e. The van der Waals surface area contributed by atoms with Crippen molar-refractivity contribution in [1.82, 2.24) is 9.80 Å². The maximum atomic E-state index is 5.60. The molecule has 25 heavy (non-hydrogen) atoms. The normalized spacial score (nSPS) is 24.3. The largest absolute Gasteiger partial charge is 0.468 e.